The number of hydrogen-bond donors (Lipinski definition) is 1. The second-order valence-corrected chi connectivity index (χ2v) is 1.22. The summed E-state index contributed by atoms with van der Waals surface area (Å²) >= 11 is 0. The van der Waals surface area contributed by atoms with E-state index in [-0.39, 0.29) is 57.8 Å². The molecule has 0 unspecified atom stereocenters. The molecule has 0 aromatic carbocycles. The molecular weight excluding hydrogens is 131 g/mol. The Kier molecular flexibility index (Phi) is 11.4. The number of hydrogen-bond acceptors (Lipinski definition) is 1. The van der Waals surface area contributed by atoms with Crippen molar-refractivity contribution in [3.63, 3.8) is 0 Å². The fraction of sp³-hybridized carbons (Fsp3) is 0.400. The van der Waals surface area contributed by atoms with Crippen molar-refractivity contribution in [3.8, 4) is 0 Å². The van der Waals surface area contributed by atoms with Gasteiger partial charge in [-0.25, -0.2) is 0 Å². The predicted octanol–water partition coefficient (Wildman–Crippen LogP) is 0.656. The maximum atomic E-state index is 9.71. The van der Waals surface area contributed by atoms with E-state index in [0.29, 0.717) is 6.42 Å². The van der Waals surface area contributed by atoms with Gasteiger partial charge in [-0.3, -0.25) is 4.79 Å². The Bertz CT molecular complexity index is 80.5. The van der Waals surface area contributed by atoms with Gasteiger partial charge in [0, 0.05) is 57.8 Å². The zero-order valence-corrected chi connectivity index (χ0v) is 8.18. The molecule has 0 aliphatic carbocycles. The molecule has 0 bridgehead atoms. The molecule has 1 N–H and O–H groups in total. The summed E-state index contributed by atoms with van der Waals surface area (Å²) in [6.45, 7) is 3.37. The normalized spacial score (nSPS) is 7.00. The van der Waals surface area contributed by atoms with Crippen LogP contribution in [0.2, 0.25) is 0 Å². The van der Waals surface area contributed by atoms with E-state index >= 15 is 0 Å². The molecular formula is C5H8KO2. The standard InChI is InChI=1S/C5H8O2.K/c1-2-3-4-5(6)7;/h2H,1,3-4H2,(H,6,7);. The van der Waals surface area contributed by atoms with Crippen LogP contribution >= 0.6 is 0 Å². The molecule has 0 fully saturated rings. The van der Waals surface area contributed by atoms with Gasteiger partial charge >= 0.3 is 5.97 Å². The molecule has 0 aromatic rings. The quantitative estimate of drug-likeness (QED) is 0.460. The van der Waals surface area contributed by atoms with Crippen LogP contribution in [0.5, 0.6) is 0 Å². The van der Waals surface area contributed by atoms with Crippen LogP contribution in [0, 0.1) is 0 Å². The van der Waals surface area contributed by atoms with Crippen LogP contribution in [0.1, 0.15) is 12.8 Å². The van der Waals surface area contributed by atoms with Crippen molar-refractivity contribution >= 4 is 57.4 Å². The van der Waals surface area contributed by atoms with Crippen molar-refractivity contribution in [2.75, 3.05) is 0 Å². The molecule has 0 amide bonds. The van der Waals surface area contributed by atoms with E-state index in [0.717, 1.165) is 0 Å². The molecule has 1 radical (unpaired) electrons. The monoisotopic (exact) mass is 139 g/mol. The molecule has 0 aliphatic heterocycles. The second-order valence-electron chi connectivity index (χ2n) is 1.22. The molecule has 2 nitrogen and oxygen atoms in total. The molecule has 41 valence electrons. The van der Waals surface area contributed by atoms with E-state index in [2.05, 4.69) is 6.58 Å². The number of carbonyl (C=O) groups is 1. The summed E-state index contributed by atoms with van der Waals surface area (Å²) in [6.07, 6.45) is 2.35. The molecule has 0 atom stereocenters. The summed E-state index contributed by atoms with van der Waals surface area (Å²) in [5, 5.41) is 8.00. The minimum atomic E-state index is -0.764. The van der Waals surface area contributed by atoms with Gasteiger partial charge in [0.25, 0.3) is 0 Å². The molecule has 3 heteroatoms. The summed E-state index contributed by atoms with van der Waals surface area (Å²) < 4.78 is 0. The van der Waals surface area contributed by atoms with Crippen molar-refractivity contribution in [3.05, 3.63) is 12.7 Å². The first kappa shape index (κ1) is 11.6. The Morgan fingerprint density at radius 1 is 1.75 bits per heavy atom. The molecule has 0 saturated carbocycles. The van der Waals surface area contributed by atoms with Gasteiger partial charge in [0.15, 0.2) is 0 Å². The summed E-state index contributed by atoms with van der Waals surface area (Å²) in [5.41, 5.74) is 0. The van der Waals surface area contributed by atoms with E-state index in [9.17, 15) is 4.79 Å². The van der Waals surface area contributed by atoms with Crippen molar-refractivity contribution in [2.45, 2.75) is 12.8 Å². The topological polar surface area (TPSA) is 37.3 Å². The molecule has 0 heterocycles. The molecule has 0 aromatic heterocycles. The van der Waals surface area contributed by atoms with Crippen molar-refractivity contribution in [1.82, 2.24) is 0 Å². The van der Waals surface area contributed by atoms with Gasteiger partial charge in [-0.15, -0.1) is 6.58 Å². The first-order chi connectivity index (χ1) is 3.27. The summed E-state index contributed by atoms with van der Waals surface area (Å²) in [7, 11) is 0. The maximum Gasteiger partial charge on any atom is 0.303 e. The summed E-state index contributed by atoms with van der Waals surface area (Å²) in [4.78, 5) is 9.71. The molecule has 0 spiro atoms. The first-order valence-corrected chi connectivity index (χ1v) is 2.10. The summed E-state index contributed by atoms with van der Waals surface area (Å²) in [6, 6.07) is 0. The van der Waals surface area contributed by atoms with Crippen LogP contribution in [0.25, 0.3) is 0 Å². The van der Waals surface area contributed by atoms with Gasteiger partial charge in [-0.05, 0) is 6.42 Å². The van der Waals surface area contributed by atoms with Crippen LogP contribution in [0.4, 0.5) is 0 Å². The maximum absolute atomic E-state index is 9.71. The van der Waals surface area contributed by atoms with Gasteiger partial charge in [0.2, 0.25) is 0 Å². The second kappa shape index (κ2) is 7.85. The Hall–Kier alpha value is 0.846. The van der Waals surface area contributed by atoms with Crippen LogP contribution in [0.3, 0.4) is 0 Å². The average Bonchev–Trinajstić information content (AvgIpc) is 1.61. The third-order valence-electron chi connectivity index (χ3n) is 0.562. The Morgan fingerprint density at radius 2 is 2.25 bits per heavy atom. The number of rotatable bonds is 3. The van der Waals surface area contributed by atoms with Crippen molar-refractivity contribution in [1.29, 1.82) is 0 Å². The van der Waals surface area contributed by atoms with E-state index in [4.69, 9.17) is 5.11 Å². The van der Waals surface area contributed by atoms with Gasteiger partial charge < -0.3 is 5.11 Å². The van der Waals surface area contributed by atoms with E-state index < -0.39 is 5.97 Å². The summed E-state index contributed by atoms with van der Waals surface area (Å²) in [5.74, 6) is -0.764. The number of aliphatic carboxylic acids is 1. The van der Waals surface area contributed by atoms with E-state index in [1.807, 2.05) is 0 Å². The van der Waals surface area contributed by atoms with Crippen LogP contribution in [-0.2, 0) is 4.79 Å². The molecule has 8 heavy (non-hydrogen) atoms. The van der Waals surface area contributed by atoms with Crippen LogP contribution < -0.4 is 0 Å². The minimum absolute atomic E-state index is 0. The smallest absolute Gasteiger partial charge is 0.303 e. The van der Waals surface area contributed by atoms with Crippen LogP contribution in [0.15, 0.2) is 12.7 Å². The van der Waals surface area contributed by atoms with Gasteiger partial charge in [0.05, 0.1) is 0 Å². The average molecular weight is 139 g/mol. The number of carboxylic acid groups (broad SMARTS) is 1. The fourth-order valence-corrected chi connectivity index (χ4v) is 0.226. The predicted molar refractivity (Wildman–Crippen MR) is 32.8 cm³/mol. The van der Waals surface area contributed by atoms with E-state index in [1.54, 1.807) is 6.08 Å². The van der Waals surface area contributed by atoms with E-state index in [1.165, 1.54) is 0 Å². The zero-order chi connectivity index (χ0) is 5.70. The largest absolute Gasteiger partial charge is 0.481 e. The van der Waals surface area contributed by atoms with Gasteiger partial charge in [-0.1, -0.05) is 6.08 Å². The minimum Gasteiger partial charge on any atom is -0.481 e. The third kappa shape index (κ3) is 9.96. The third-order valence-corrected chi connectivity index (χ3v) is 0.562. The van der Waals surface area contributed by atoms with Crippen molar-refractivity contribution in [2.24, 2.45) is 0 Å². The van der Waals surface area contributed by atoms with Gasteiger partial charge in [0.1, 0.15) is 0 Å². The molecule has 0 rings (SSSR count). The first-order valence-electron chi connectivity index (χ1n) is 2.10. The molecule has 0 saturated heterocycles. The fourth-order valence-electron chi connectivity index (χ4n) is 0.226. The van der Waals surface area contributed by atoms with Gasteiger partial charge in [-0.2, -0.15) is 0 Å². The molecule has 0 aliphatic rings. The number of allylic oxidation sites excluding steroid dienone is 1. The SMILES string of the molecule is C=CCCC(=O)O.[K]. The Balaban J connectivity index is 0. The zero-order valence-electron chi connectivity index (χ0n) is 5.05. The number of carboxylic acids is 1. The Morgan fingerprint density at radius 3 is 2.38 bits per heavy atom. The Labute approximate surface area is 91.4 Å². The van der Waals surface area contributed by atoms with Crippen molar-refractivity contribution < 1.29 is 9.90 Å². The van der Waals surface area contributed by atoms with Crippen LogP contribution in [-0.4, -0.2) is 62.5 Å².